The molecule has 7 heteroatoms. The summed E-state index contributed by atoms with van der Waals surface area (Å²) in [6.07, 6.45) is 1.06. The minimum atomic E-state index is -1.09. The number of carbonyl (C=O) groups is 2. The maximum atomic E-state index is 12.5. The Balaban J connectivity index is 1.23. The third-order valence-electron chi connectivity index (χ3n) is 5.73. The summed E-state index contributed by atoms with van der Waals surface area (Å²) in [7, 11) is 0. The Morgan fingerprint density at radius 2 is 1.63 bits per heavy atom. The molecule has 1 amide bonds. The second-order valence-corrected chi connectivity index (χ2v) is 7.51. The van der Waals surface area contributed by atoms with Gasteiger partial charge < -0.3 is 14.7 Å². The monoisotopic (exact) mass is 401 g/mol. The molecular weight excluding hydrogens is 382 g/mol. The van der Waals surface area contributed by atoms with Gasteiger partial charge in [-0.05, 0) is 28.3 Å². The first kappa shape index (κ1) is 18.3. The molecule has 1 N–H and O–H groups in total. The third-order valence-corrected chi connectivity index (χ3v) is 5.73. The fraction of sp³-hybridized carbons (Fsp3) is 0.217. The molecule has 5 rings (SSSR count). The molecule has 2 aromatic carbocycles. The predicted octanol–water partition coefficient (Wildman–Crippen LogP) is 3.52. The fourth-order valence-corrected chi connectivity index (χ4v) is 4.17. The average Bonchev–Trinajstić information content (AvgIpc) is 3.05. The van der Waals surface area contributed by atoms with Crippen LogP contribution >= 0.6 is 0 Å². The largest absolute Gasteiger partial charge is 0.477 e. The normalized spacial score (nSPS) is 15.3. The standard InChI is InChI=1S/C23H19N3O4/c27-22(28)20-9-10-24-21(25-20)14-11-26(12-14)23(29)30-13-19-17-7-3-1-5-15(17)16-6-2-4-8-18(16)19/h1-10,14,19H,11-13H2,(H,27,28). The van der Waals surface area contributed by atoms with E-state index in [1.165, 1.54) is 34.5 Å². The highest BCUT2D eigenvalue weighted by Crippen LogP contribution is 2.44. The van der Waals surface area contributed by atoms with Gasteiger partial charge in [0.15, 0.2) is 5.69 Å². The van der Waals surface area contributed by atoms with Crippen LogP contribution in [0, 0.1) is 0 Å². The number of aromatic nitrogens is 2. The number of carboxylic acids is 1. The zero-order valence-electron chi connectivity index (χ0n) is 16.1. The van der Waals surface area contributed by atoms with Crippen molar-refractivity contribution in [2.45, 2.75) is 11.8 Å². The predicted molar refractivity (Wildman–Crippen MR) is 108 cm³/mol. The first-order valence-electron chi connectivity index (χ1n) is 9.78. The molecule has 0 spiro atoms. The summed E-state index contributed by atoms with van der Waals surface area (Å²) in [4.78, 5) is 33.4. The van der Waals surface area contributed by atoms with Crippen LogP contribution in [0.1, 0.15) is 39.3 Å². The van der Waals surface area contributed by atoms with Gasteiger partial charge in [0, 0.05) is 25.2 Å². The molecule has 1 fully saturated rings. The van der Waals surface area contributed by atoms with Crippen molar-refractivity contribution in [1.82, 2.24) is 14.9 Å². The quantitative estimate of drug-likeness (QED) is 0.719. The lowest BCUT2D eigenvalue weighted by Gasteiger charge is -2.37. The molecule has 0 atom stereocenters. The number of rotatable bonds is 4. The number of amides is 1. The molecule has 1 aromatic heterocycles. The van der Waals surface area contributed by atoms with E-state index in [9.17, 15) is 9.59 Å². The summed E-state index contributed by atoms with van der Waals surface area (Å²) in [5.41, 5.74) is 4.68. The number of aromatic carboxylic acids is 1. The molecule has 1 aliphatic carbocycles. The van der Waals surface area contributed by atoms with Crippen LogP contribution < -0.4 is 0 Å². The van der Waals surface area contributed by atoms with Gasteiger partial charge in [-0.15, -0.1) is 0 Å². The van der Waals surface area contributed by atoms with Crippen LogP contribution in [0.2, 0.25) is 0 Å². The van der Waals surface area contributed by atoms with E-state index >= 15 is 0 Å². The topological polar surface area (TPSA) is 92.6 Å². The second kappa shape index (κ2) is 7.26. The molecule has 1 saturated heterocycles. The first-order chi connectivity index (χ1) is 14.6. The molecule has 0 bridgehead atoms. The number of ether oxygens (including phenoxy) is 1. The smallest absolute Gasteiger partial charge is 0.409 e. The molecule has 0 saturated carbocycles. The van der Waals surface area contributed by atoms with E-state index in [4.69, 9.17) is 9.84 Å². The number of carboxylic acid groups (broad SMARTS) is 1. The summed E-state index contributed by atoms with van der Waals surface area (Å²) in [6, 6.07) is 17.8. The van der Waals surface area contributed by atoms with Crippen molar-refractivity contribution < 1.29 is 19.4 Å². The Hall–Kier alpha value is -3.74. The van der Waals surface area contributed by atoms with Crippen molar-refractivity contribution >= 4 is 12.1 Å². The summed E-state index contributed by atoms with van der Waals surface area (Å²) >= 11 is 0. The van der Waals surface area contributed by atoms with Crippen molar-refractivity contribution in [1.29, 1.82) is 0 Å². The van der Waals surface area contributed by atoms with Crippen LogP contribution in [0.25, 0.3) is 11.1 Å². The molecule has 0 radical (unpaired) electrons. The van der Waals surface area contributed by atoms with Crippen molar-refractivity contribution in [3.05, 3.63) is 83.4 Å². The third kappa shape index (κ3) is 3.08. The van der Waals surface area contributed by atoms with Crippen LogP contribution in [0.15, 0.2) is 60.8 Å². The lowest BCUT2D eigenvalue weighted by Crippen LogP contribution is -2.49. The van der Waals surface area contributed by atoms with Crippen LogP contribution in [-0.2, 0) is 4.74 Å². The van der Waals surface area contributed by atoms with Gasteiger partial charge in [-0.2, -0.15) is 0 Å². The first-order valence-corrected chi connectivity index (χ1v) is 9.78. The Labute approximate surface area is 173 Å². The van der Waals surface area contributed by atoms with Crippen molar-refractivity contribution in [2.75, 3.05) is 19.7 Å². The minimum Gasteiger partial charge on any atom is -0.477 e. The Morgan fingerprint density at radius 3 is 2.27 bits per heavy atom. The number of hydrogen-bond donors (Lipinski definition) is 1. The SMILES string of the molecule is O=C(O)c1ccnc(C2CN(C(=O)OCC3c4ccccc4-c4ccccc43)C2)n1. The maximum Gasteiger partial charge on any atom is 0.409 e. The van der Waals surface area contributed by atoms with Crippen molar-refractivity contribution in [3.63, 3.8) is 0 Å². The minimum absolute atomic E-state index is 0.0222. The van der Waals surface area contributed by atoms with Crippen LogP contribution in [0.5, 0.6) is 0 Å². The van der Waals surface area contributed by atoms with Gasteiger partial charge in [-0.25, -0.2) is 19.6 Å². The van der Waals surface area contributed by atoms with Crippen molar-refractivity contribution in [2.24, 2.45) is 0 Å². The fourth-order valence-electron chi connectivity index (χ4n) is 4.17. The average molecular weight is 401 g/mol. The second-order valence-electron chi connectivity index (χ2n) is 7.51. The van der Waals surface area contributed by atoms with Crippen LogP contribution in [-0.4, -0.2) is 51.7 Å². The molecule has 7 nitrogen and oxygen atoms in total. The number of likely N-dealkylation sites (tertiary alicyclic amines) is 1. The molecular formula is C23H19N3O4. The van der Waals surface area contributed by atoms with Gasteiger partial charge in [-0.1, -0.05) is 48.5 Å². The molecule has 30 heavy (non-hydrogen) atoms. The zero-order valence-corrected chi connectivity index (χ0v) is 16.1. The van der Waals surface area contributed by atoms with Gasteiger partial charge in [0.05, 0.1) is 5.92 Å². The number of carbonyl (C=O) groups excluding carboxylic acids is 1. The highest BCUT2D eigenvalue weighted by atomic mass is 16.6. The molecule has 0 unspecified atom stereocenters. The van der Waals surface area contributed by atoms with Gasteiger partial charge in [0.1, 0.15) is 12.4 Å². The summed E-state index contributed by atoms with van der Waals surface area (Å²) < 4.78 is 5.64. The van der Waals surface area contributed by atoms with E-state index < -0.39 is 5.97 Å². The number of benzene rings is 2. The van der Waals surface area contributed by atoms with E-state index in [2.05, 4.69) is 34.2 Å². The Morgan fingerprint density at radius 1 is 1.00 bits per heavy atom. The van der Waals surface area contributed by atoms with Crippen LogP contribution in [0.4, 0.5) is 4.79 Å². The van der Waals surface area contributed by atoms with Crippen molar-refractivity contribution in [3.8, 4) is 11.1 Å². The lowest BCUT2D eigenvalue weighted by atomic mass is 9.98. The molecule has 1 aliphatic heterocycles. The van der Waals surface area contributed by atoms with E-state index in [0.29, 0.717) is 18.9 Å². The van der Waals surface area contributed by atoms with Gasteiger partial charge in [0.25, 0.3) is 0 Å². The van der Waals surface area contributed by atoms with E-state index in [-0.39, 0.29) is 30.2 Å². The Kier molecular flexibility index (Phi) is 4.43. The Bertz CT molecular complexity index is 1100. The molecule has 150 valence electrons. The number of hydrogen-bond acceptors (Lipinski definition) is 5. The van der Waals surface area contributed by atoms with Gasteiger partial charge >= 0.3 is 12.1 Å². The zero-order chi connectivity index (χ0) is 20.7. The van der Waals surface area contributed by atoms with Gasteiger partial charge in [-0.3, -0.25) is 0 Å². The summed E-state index contributed by atoms with van der Waals surface area (Å²) in [6.45, 7) is 1.11. The van der Waals surface area contributed by atoms with E-state index in [0.717, 1.165) is 0 Å². The maximum absolute atomic E-state index is 12.5. The number of nitrogens with zero attached hydrogens (tertiary/aromatic N) is 3. The highest BCUT2D eigenvalue weighted by Gasteiger charge is 2.36. The van der Waals surface area contributed by atoms with E-state index in [1.807, 2.05) is 24.3 Å². The van der Waals surface area contributed by atoms with Gasteiger partial charge in [0.2, 0.25) is 0 Å². The number of fused-ring (bicyclic) bond motifs is 3. The summed E-state index contributed by atoms with van der Waals surface area (Å²) in [5.74, 6) is -0.706. The molecule has 2 aliphatic rings. The molecule has 2 heterocycles. The highest BCUT2D eigenvalue weighted by molar-refractivity contribution is 5.85. The summed E-state index contributed by atoms with van der Waals surface area (Å²) in [5, 5.41) is 9.06. The lowest BCUT2D eigenvalue weighted by molar-refractivity contribution is 0.0659. The molecule has 3 aromatic rings. The van der Waals surface area contributed by atoms with E-state index in [1.54, 1.807) is 4.90 Å². The van der Waals surface area contributed by atoms with Crippen LogP contribution in [0.3, 0.4) is 0 Å².